The molecule has 6 nitrogen and oxygen atoms in total. The molecule has 0 saturated carbocycles. The number of alkyl carbamates (subject to hydrolysis) is 1. The van der Waals surface area contributed by atoms with Gasteiger partial charge in [-0.2, -0.15) is 4.98 Å². The van der Waals surface area contributed by atoms with Gasteiger partial charge in [0.2, 0.25) is 5.89 Å². The summed E-state index contributed by atoms with van der Waals surface area (Å²) < 4.78 is 10.9. The lowest BCUT2D eigenvalue weighted by Crippen LogP contribution is -2.27. The van der Waals surface area contributed by atoms with Crippen LogP contribution in [0.3, 0.4) is 0 Å². The molecule has 0 aliphatic rings. The molecule has 0 fully saturated rings. The van der Waals surface area contributed by atoms with Crippen LogP contribution in [0.2, 0.25) is 0 Å². The summed E-state index contributed by atoms with van der Waals surface area (Å²) >= 11 is 1.41. The first-order chi connectivity index (χ1) is 13.0. The van der Waals surface area contributed by atoms with Crippen molar-refractivity contribution in [3.8, 4) is 0 Å². The van der Waals surface area contributed by atoms with Crippen LogP contribution in [0, 0.1) is 5.92 Å². The zero-order chi connectivity index (χ0) is 19.2. The van der Waals surface area contributed by atoms with Gasteiger partial charge in [-0.25, -0.2) is 4.79 Å². The van der Waals surface area contributed by atoms with E-state index in [1.54, 1.807) is 0 Å². The Morgan fingerprint density at radius 1 is 1.30 bits per heavy atom. The minimum absolute atomic E-state index is 0.208. The maximum absolute atomic E-state index is 12.3. The Bertz CT molecular complexity index is 963. The monoisotopic (exact) mass is 386 g/mol. The van der Waals surface area contributed by atoms with E-state index in [0.717, 1.165) is 17.5 Å². The van der Waals surface area contributed by atoms with Crippen molar-refractivity contribution in [3.05, 3.63) is 63.1 Å². The quantitative estimate of drug-likeness (QED) is 0.666. The van der Waals surface area contributed by atoms with Gasteiger partial charge in [-0.3, -0.25) is 4.79 Å². The van der Waals surface area contributed by atoms with Crippen LogP contribution in [0.1, 0.15) is 30.9 Å². The maximum Gasteiger partial charge on any atom is 0.407 e. The van der Waals surface area contributed by atoms with E-state index in [4.69, 9.17) is 9.15 Å². The molecule has 0 saturated heterocycles. The SMILES string of the molecule is CC(C)Cc1csc2oc(CCNC(=O)OCc3ccccc3)nc(=O)c12. The summed E-state index contributed by atoms with van der Waals surface area (Å²) in [5.74, 6) is 0.766. The Hall–Kier alpha value is -2.67. The lowest BCUT2D eigenvalue weighted by atomic mass is 10.0. The highest BCUT2D eigenvalue weighted by Crippen LogP contribution is 2.25. The summed E-state index contributed by atoms with van der Waals surface area (Å²) in [4.78, 5) is 28.7. The number of carbonyl (C=O) groups excluding carboxylic acids is 1. The van der Waals surface area contributed by atoms with Gasteiger partial charge in [0, 0.05) is 13.0 Å². The molecule has 2 heterocycles. The molecule has 142 valence electrons. The van der Waals surface area contributed by atoms with Gasteiger partial charge < -0.3 is 14.5 Å². The lowest BCUT2D eigenvalue weighted by Gasteiger charge is -2.06. The number of ether oxygens (including phenoxy) is 1. The van der Waals surface area contributed by atoms with Gasteiger partial charge in [0.25, 0.3) is 5.56 Å². The molecule has 0 radical (unpaired) electrons. The van der Waals surface area contributed by atoms with E-state index in [-0.39, 0.29) is 18.7 Å². The van der Waals surface area contributed by atoms with E-state index in [0.29, 0.717) is 28.5 Å². The van der Waals surface area contributed by atoms with Crippen molar-refractivity contribution in [2.24, 2.45) is 5.92 Å². The van der Waals surface area contributed by atoms with Crippen LogP contribution in [-0.2, 0) is 24.2 Å². The second-order valence-electron chi connectivity index (χ2n) is 6.67. The van der Waals surface area contributed by atoms with Crippen LogP contribution in [-0.4, -0.2) is 17.6 Å². The van der Waals surface area contributed by atoms with Crippen molar-refractivity contribution in [1.82, 2.24) is 10.3 Å². The number of fused-ring (bicyclic) bond motifs is 1. The largest absolute Gasteiger partial charge is 0.445 e. The summed E-state index contributed by atoms with van der Waals surface area (Å²) in [5.41, 5.74) is 1.64. The number of nitrogens with zero attached hydrogens (tertiary/aromatic N) is 1. The number of hydrogen-bond donors (Lipinski definition) is 1. The molecule has 3 rings (SSSR count). The summed E-state index contributed by atoms with van der Waals surface area (Å²) in [6.45, 7) is 4.70. The van der Waals surface area contributed by atoms with Crippen molar-refractivity contribution in [2.45, 2.75) is 33.3 Å². The second kappa shape index (κ2) is 8.81. The third-order valence-electron chi connectivity index (χ3n) is 3.93. The van der Waals surface area contributed by atoms with Crippen LogP contribution >= 0.6 is 11.3 Å². The zero-order valence-corrected chi connectivity index (χ0v) is 16.2. The van der Waals surface area contributed by atoms with E-state index in [1.807, 2.05) is 35.7 Å². The molecule has 0 aliphatic carbocycles. The van der Waals surface area contributed by atoms with Gasteiger partial charge in [-0.05, 0) is 28.8 Å². The number of benzene rings is 1. The standard InChI is InChI=1S/C20H22N2O4S/c1-13(2)10-15-12-27-19-17(15)18(23)22-16(26-19)8-9-21-20(24)25-11-14-6-4-3-5-7-14/h3-7,12-13H,8-11H2,1-2H3,(H,21,24). The molecule has 7 heteroatoms. The Labute approximate surface area is 161 Å². The van der Waals surface area contributed by atoms with Gasteiger partial charge in [0.1, 0.15) is 6.61 Å². The predicted octanol–water partition coefficient (Wildman–Crippen LogP) is 3.92. The zero-order valence-electron chi connectivity index (χ0n) is 15.4. The van der Waals surface area contributed by atoms with Crippen LogP contribution in [0.15, 0.2) is 44.9 Å². The summed E-state index contributed by atoms with van der Waals surface area (Å²) in [7, 11) is 0. The van der Waals surface area contributed by atoms with Crippen molar-refractivity contribution >= 4 is 27.7 Å². The number of carbonyl (C=O) groups is 1. The van der Waals surface area contributed by atoms with Crippen LogP contribution in [0.25, 0.3) is 10.3 Å². The lowest BCUT2D eigenvalue weighted by molar-refractivity contribution is 0.139. The molecule has 0 atom stereocenters. The van der Waals surface area contributed by atoms with Crippen molar-refractivity contribution in [3.63, 3.8) is 0 Å². The Balaban J connectivity index is 1.54. The number of hydrogen-bond acceptors (Lipinski definition) is 6. The molecule has 0 bridgehead atoms. The molecule has 27 heavy (non-hydrogen) atoms. The van der Waals surface area contributed by atoms with Gasteiger partial charge in [-0.15, -0.1) is 11.3 Å². The molecular formula is C20H22N2O4S. The van der Waals surface area contributed by atoms with Crippen molar-refractivity contribution in [1.29, 1.82) is 0 Å². The molecule has 0 unspecified atom stereocenters. The molecule has 1 aromatic carbocycles. The Kier molecular flexibility index (Phi) is 6.24. The van der Waals surface area contributed by atoms with E-state index in [2.05, 4.69) is 24.1 Å². The molecular weight excluding hydrogens is 364 g/mol. The molecule has 3 aromatic rings. The topological polar surface area (TPSA) is 81.4 Å². The van der Waals surface area contributed by atoms with E-state index >= 15 is 0 Å². The average molecular weight is 386 g/mol. The summed E-state index contributed by atoms with van der Waals surface area (Å²) in [6, 6.07) is 9.45. The van der Waals surface area contributed by atoms with Gasteiger partial charge in [0.05, 0.1) is 5.39 Å². The third kappa shape index (κ3) is 5.17. The summed E-state index contributed by atoms with van der Waals surface area (Å²) in [6.07, 6.45) is 0.626. The van der Waals surface area contributed by atoms with Gasteiger partial charge in [0.15, 0.2) is 4.90 Å². The normalized spacial score (nSPS) is 11.1. The highest BCUT2D eigenvalue weighted by Gasteiger charge is 2.14. The Morgan fingerprint density at radius 3 is 2.81 bits per heavy atom. The fourth-order valence-electron chi connectivity index (χ4n) is 2.71. The number of nitrogens with one attached hydrogen (secondary N) is 1. The minimum Gasteiger partial charge on any atom is -0.445 e. The molecule has 0 spiro atoms. The van der Waals surface area contributed by atoms with Gasteiger partial charge in [-0.1, -0.05) is 44.2 Å². The summed E-state index contributed by atoms with van der Waals surface area (Å²) in [5, 5.41) is 5.18. The molecule has 2 aromatic heterocycles. The second-order valence-corrected chi connectivity index (χ2v) is 7.51. The first kappa shape index (κ1) is 19.1. The Morgan fingerprint density at radius 2 is 2.07 bits per heavy atom. The number of rotatable bonds is 7. The third-order valence-corrected chi connectivity index (χ3v) is 4.84. The van der Waals surface area contributed by atoms with E-state index in [1.165, 1.54) is 11.3 Å². The smallest absolute Gasteiger partial charge is 0.407 e. The highest BCUT2D eigenvalue weighted by atomic mass is 32.1. The van der Waals surface area contributed by atoms with Crippen LogP contribution < -0.4 is 10.9 Å². The first-order valence-electron chi connectivity index (χ1n) is 8.87. The molecule has 1 amide bonds. The average Bonchev–Trinajstić information content (AvgIpc) is 3.03. The number of amides is 1. The molecule has 0 aliphatic heterocycles. The highest BCUT2D eigenvalue weighted by molar-refractivity contribution is 7.16. The maximum atomic E-state index is 12.3. The molecule has 1 N–H and O–H groups in total. The number of thiophene rings is 1. The first-order valence-corrected chi connectivity index (χ1v) is 9.75. The van der Waals surface area contributed by atoms with Gasteiger partial charge >= 0.3 is 6.09 Å². The van der Waals surface area contributed by atoms with Crippen molar-refractivity contribution < 1.29 is 13.9 Å². The number of aromatic nitrogens is 1. The van der Waals surface area contributed by atoms with Crippen LogP contribution in [0.5, 0.6) is 0 Å². The van der Waals surface area contributed by atoms with Crippen LogP contribution in [0.4, 0.5) is 4.79 Å². The van der Waals surface area contributed by atoms with E-state index < -0.39 is 6.09 Å². The van der Waals surface area contributed by atoms with Crippen molar-refractivity contribution in [2.75, 3.05) is 6.54 Å². The fourth-order valence-corrected chi connectivity index (χ4v) is 3.66. The predicted molar refractivity (Wildman–Crippen MR) is 105 cm³/mol. The van der Waals surface area contributed by atoms with E-state index in [9.17, 15) is 9.59 Å². The fraction of sp³-hybridized carbons (Fsp3) is 0.350. The minimum atomic E-state index is -0.516.